The molecule has 17 heavy (non-hydrogen) atoms. The fraction of sp³-hybridized carbons (Fsp3) is 0.667. The lowest BCUT2D eigenvalue weighted by Gasteiger charge is -2.05. The van der Waals surface area contributed by atoms with Gasteiger partial charge < -0.3 is 15.7 Å². The zero-order valence-electron chi connectivity index (χ0n) is 10.2. The second-order valence-corrected chi connectivity index (χ2v) is 3.83. The molecule has 5 heteroatoms. The van der Waals surface area contributed by atoms with E-state index in [2.05, 4.69) is 17.2 Å². The Bertz CT molecular complexity index is 242. The number of unbranched alkanes of at least 4 members (excludes halogenated alkanes) is 3. The summed E-state index contributed by atoms with van der Waals surface area (Å²) in [5.74, 6) is -0.760. The molecule has 98 valence electrons. The van der Waals surface area contributed by atoms with Crippen molar-refractivity contribution in [2.75, 3.05) is 19.6 Å². The molecule has 0 aliphatic rings. The van der Waals surface area contributed by atoms with E-state index in [1.54, 1.807) is 6.08 Å². The highest BCUT2D eigenvalue weighted by Gasteiger charge is 1.99. The molecule has 0 atom stereocenters. The molecule has 0 aromatic carbocycles. The van der Waals surface area contributed by atoms with Gasteiger partial charge in [-0.1, -0.05) is 18.9 Å². The van der Waals surface area contributed by atoms with Gasteiger partial charge in [0, 0.05) is 19.5 Å². The molecular formula is C12H22N2O3. The minimum atomic E-state index is -0.744. The van der Waals surface area contributed by atoms with E-state index in [1.165, 1.54) is 0 Å². The number of aliphatic carboxylic acids is 1. The first-order chi connectivity index (χ1) is 8.16. The number of hydrogen-bond donors (Lipinski definition) is 3. The van der Waals surface area contributed by atoms with Crippen LogP contribution in [-0.4, -0.2) is 36.6 Å². The quantitative estimate of drug-likeness (QED) is 0.372. The molecule has 0 unspecified atom stereocenters. The molecule has 1 amide bonds. The van der Waals surface area contributed by atoms with Crippen molar-refractivity contribution >= 4 is 11.9 Å². The summed E-state index contributed by atoms with van der Waals surface area (Å²) in [5, 5.41) is 14.1. The van der Waals surface area contributed by atoms with E-state index in [0.717, 1.165) is 19.3 Å². The second-order valence-electron chi connectivity index (χ2n) is 3.83. The Morgan fingerprint density at radius 1 is 1.18 bits per heavy atom. The fourth-order valence-electron chi connectivity index (χ4n) is 1.33. The molecule has 0 spiro atoms. The number of carboxylic acid groups (broad SMARTS) is 1. The number of carbonyl (C=O) groups is 2. The maximum absolute atomic E-state index is 11.2. The summed E-state index contributed by atoms with van der Waals surface area (Å²) in [4.78, 5) is 21.4. The summed E-state index contributed by atoms with van der Waals surface area (Å²) in [5.41, 5.74) is 0. The number of amides is 1. The SMILES string of the molecule is C=CCNCC(=O)NCCCCCCC(=O)O. The molecule has 0 saturated heterocycles. The first-order valence-electron chi connectivity index (χ1n) is 5.97. The standard InChI is InChI=1S/C12H22N2O3/c1-2-8-13-10-11(15)14-9-6-4-3-5-7-12(16)17/h2,13H,1,3-10H2,(H,14,15)(H,16,17). The number of hydrogen-bond acceptors (Lipinski definition) is 3. The van der Waals surface area contributed by atoms with Crippen LogP contribution in [0.15, 0.2) is 12.7 Å². The van der Waals surface area contributed by atoms with Crippen molar-refractivity contribution in [1.29, 1.82) is 0 Å². The normalized spacial score (nSPS) is 9.88. The van der Waals surface area contributed by atoms with Gasteiger partial charge in [0.15, 0.2) is 0 Å². The third-order valence-corrected chi connectivity index (χ3v) is 2.21. The molecular weight excluding hydrogens is 220 g/mol. The van der Waals surface area contributed by atoms with E-state index in [9.17, 15) is 9.59 Å². The third kappa shape index (κ3) is 12.6. The summed E-state index contributed by atoms with van der Waals surface area (Å²) in [6, 6.07) is 0. The first-order valence-corrected chi connectivity index (χ1v) is 5.97. The van der Waals surface area contributed by atoms with Crippen LogP contribution in [0.2, 0.25) is 0 Å². The monoisotopic (exact) mass is 242 g/mol. The van der Waals surface area contributed by atoms with Gasteiger partial charge in [-0.05, 0) is 12.8 Å². The zero-order valence-corrected chi connectivity index (χ0v) is 10.2. The zero-order chi connectivity index (χ0) is 12.9. The molecule has 0 aliphatic heterocycles. The minimum Gasteiger partial charge on any atom is -0.481 e. The van der Waals surface area contributed by atoms with E-state index >= 15 is 0 Å². The summed E-state index contributed by atoms with van der Waals surface area (Å²) in [6.45, 7) is 5.13. The molecule has 0 bridgehead atoms. The fourth-order valence-corrected chi connectivity index (χ4v) is 1.33. The van der Waals surface area contributed by atoms with Crippen LogP contribution in [0.25, 0.3) is 0 Å². The van der Waals surface area contributed by atoms with Crippen molar-refractivity contribution in [3.63, 3.8) is 0 Å². The van der Waals surface area contributed by atoms with E-state index in [1.807, 2.05) is 0 Å². The summed E-state index contributed by atoms with van der Waals surface area (Å²) in [7, 11) is 0. The van der Waals surface area contributed by atoms with Crippen molar-refractivity contribution < 1.29 is 14.7 Å². The van der Waals surface area contributed by atoms with Gasteiger partial charge in [0.1, 0.15) is 0 Å². The highest BCUT2D eigenvalue weighted by Crippen LogP contribution is 2.01. The van der Waals surface area contributed by atoms with Gasteiger partial charge in [-0.2, -0.15) is 0 Å². The van der Waals surface area contributed by atoms with Crippen molar-refractivity contribution in [1.82, 2.24) is 10.6 Å². The van der Waals surface area contributed by atoms with Crippen LogP contribution >= 0.6 is 0 Å². The molecule has 5 nitrogen and oxygen atoms in total. The van der Waals surface area contributed by atoms with Gasteiger partial charge in [-0.15, -0.1) is 6.58 Å². The van der Waals surface area contributed by atoms with E-state index < -0.39 is 5.97 Å². The Balaban J connectivity index is 3.19. The van der Waals surface area contributed by atoms with Gasteiger partial charge in [-0.25, -0.2) is 0 Å². The summed E-state index contributed by atoms with van der Waals surface area (Å²) < 4.78 is 0. The van der Waals surface area contributed by atoms with Gasteiger partial charge in [0.05, 0.1) is 6.54 Å². The minimum absolute atomic E-state index is 0.0163. The van der Waals surface area contributed by atoms with Gasteiger partial charge in [-0.3, -0.25) is 9.59 Å². The highest BCUT2D eigenvalue weighted by molar-refractivity contribution is 5.77. The van der Waals surface area contributed by atoms with Crippen LogP contribution in [0.5, 0.6) is 0 Å². The van der Waals surface area contributed by atoms with Crippen molar-refractivity contribution in [3.8, 4) is 0 Å². The Morgan fingerprint density at radius 3 is 2.53 bits per heavy atom. The molecule has 0 aromatic heterocycles. The third-order valence-electron chi connectivity index (χ3n) is 2.21. The van der Waals surface area contributed by atoms with E-state index in [0.29, 0.717) is 26.1 Å². The lowest BCUT2D eigenvalue weighted by atomic mass is 10.1. The molecule has 0 fully saturated rings. The lowest BCUT2D eigenvalue weighted by molar-refractivity contribution is -0.137. The van der Waals surface area contributed by atoms with Crippen LogP contribution in [-0.2, 0) is 9.59 Å². The Hall–Kier alpha value is -1.36. The van der Waals surface area contributed by atoms with Crippen molar-refractivity contribution in [3.05, 3.63) is 12.7 Å². The Labute approximate surface area is 102 Å². The van der Waals surface area contributed by atoms with Crippen molar-refractivity contribution in [2.45, 2.75) is 32.1 Å². The average molecular weight is 242 g/mol. The number of carbonyl (C=O) groups excluding carboxylic acids is 1. The van der Waals surface area contributed by atoms with Crippen LogP contribution in [0.3, 0.4) is 0 Å². The summed E-state index contributed by atoms with van der Waals surface area (Å²) in [6.07, 6.45) is 5.40. The largest absolute Gasteiger partial charge is 0.481 e. The Kier molecular flexibility index (Phi) is 10.2. The number of nitrogens with one attached hydrogen (secondary N) is 2. The molecule has 0 saturated carbocycles. The van der Waals surface area contributed by atoms with Crippen molar-refractivity contribution in [2.24, 2.45) is 0 Å². The molecule has 3 N–H and O–H groups in total. The lowest BCUT2D eigenvalue weighted by Crippen LogP contribution is -2.34. The highest BCUT2D eigenvalue weighted by atomic mass is 16.4. The summed E-state index contributed by atoms with van der Waals surface area (Å²) >= 11 is 0. The average Bonchev–Trinajstić information content (AvgIpc) is 2.28. The maximum atomic E-state index is 11.2. The molecule has 0 rings (SSSR count). The maximum Gasteiger partial charge on any atom is 0.303 e. The predicted molar refractivity (Wildman–Crippen MR) is 66.8 cm³/mol. The van der Waals surface area contributed by atoms with Gasteiger partial charge >= 0.3 is 5.97 Å². The number of carboxylic acids is 1. The van der Waals surface area contributed by atoms with E-state index in [-0.39, 0.29) is 12.3 Å². The second kappa shape index (κ2) is 11.1. The molecule has 0 aromatic rings. The van der Waals surface area contributed by atoms with Crippen LogP contribution in [0.1, 0.15) is 32.1 Å². The predicted octanol–water partition coefficient (Wildman–Crippen LogP) is 0.913. The van der Waals surface area contributed by atoms with E-state index in [4.69, 9.17) is 5.11 Å². The topological polar surface area (TPSA) is 78.4 Å². The first kappa shape index (κ1) is 15.6. The smallest absolute Gasteiger partial charge is 0.303 e. The van der Waals surface area contributed by atoms with Crippen LogP contribution < -0.4 is 10.6 Å². The van der Waals surface area contributed by atoms with Gasteiger partial charge in [0.2, 0.25) is 5.91 Å². The molecule has 0 aliphatic carbocycles. The Morgan fingerprint density at radius 2 is 1.88 bits per heavy atom. The molecule has 0 radical (unpaired) electrons. The van der Waals surface area contributed by atoms with Gasteiger partial charge in [0.25, 0.3) is 0 Å². The van der Waals surface area contributed by atoms with Crippen LogP contribution in [0.4, 0.5) is 0 Å². The van der Waals surface area contributed by atoms with Crippen LogP contribution in [0, 0.1) is 0 Å². The molecule has 0 heterocycles. The number of rotatable bonds is 11.